The Hall–Kier alpha value is -3.55. The van der Waals surface area contributed by atoms with Crippen molar-refractivity contribution in [2.45, 2.75) is 64.6 Å². The summed E-state index contributed by atoms with van der Waals surface area (Å²) in [5.74, 6) is 0.349. The Kier molecular flexibility index (Phi) is 7.55. The SMILES string of the molecule is CC(C)c1ccc(N)c(C=C(CNC(=O)OCC2c3ccccc3-c3ccccc32)B2OC(C)(C)C(C)(C)O2)c1. The molecule has 0 unspecified atom stereocenters. The predicted octanol–water partition coefficient (Wildman–Crippen LogP) is 6.95. The summed E-state index contributed by atoms with van der Waals surface area (Å²) in [6.07, 6.45) is 1.47. The molecular formula is C33H39BN2O4. The molecule has 3 aromatic carbocycles. The fourth-order valence-corrected chi connectivity index (χ4v) is 5.30. The molecule has 40 heavy (non-hydrogen) atoms. The highest BCUT2D eigenvalue weighted by Crippen LogP contribution is 2.44. The largest absolute Gasteiger partial charge is 0.492 e. The lowest BCUT2D eigenvalue weighted by Gasteiger charge is -2.32. The second kappa shape index (κ2) is 10.8. The maximum atomic E-state index is 13.0. The van der Waals surface area contributed by atoms with E-state index in [1.54, 1.807) is 0 Å². The molecule has 1 heterocycles. The second-order valence-electron chi connectivity index (χ2n) is 12.0. The molecule has 7 heteroatoms. The molecule has 3 N–H and O–H groups in total. The highest BCUT2D eigenvalue weighted by atomic mass is 16.7. The van der Waals surface area contributed by atoms with Crippen LogP contribution in [-0.2, 0) is 14.0 Å². The van der Waals surface area contributed by atoms with Gasteiger partial charge in [0.05, 0.1) is 11.2 Å². The fraction of sp³-hybridized carbons (Fsp3) is 0.364. The van der Waals surface area contributed by atoms with Crippen LogP contribution in [-0.4, -0.2) is 37.6 Å². The zero-order valence-electron chi connectivity index (χ0n) is 24.3. The van der Waals surface area contributed by atoms with Crippen molar-refractivity contribution in [3.05, 3.63) is 94.5 Å². The summed E-state index contributed by atoms with van der Waals surface area (Å²) in [5.41, 5.74) is 13.5. The van der Waals surface area contributed by atoms with Crippen molar-refractivity contribution in [3.8, 4) is 11.1 Å². The first-order chi connectivity index (χ1) is 19.0. The third-order valence-corrected chi connectivity index (χ3v) is 8.45. The van der Waals surface area contributed by atoms with Gasteiger partial charge in [0.1, 0.15) is 6.61 Å². The van der Waals surface area contributed by atoms with Gasteiger partial charge in [0, 0.05) is 18.2 Å². The molecule has 1 aliphatic carbocycles. The van der Waals surface area contributed by atoms with E-state index in [1.807, 2.05) is 70.2 Å². The second-order valence-corrected chi connectivity index (χ2v) is 12.0. The van der Waals surface area contributed by atoms with Crippen LogP contribution >= 0.6 is 0 Å². The van der Waals surface area contributed by atoms with Crippen molar-refractivity contribution in [2.24, 2.45) is 0 Å². The molecule has 2 aliphatic rings. The number of alkyl carbamates (subject to hydrolysis) is 1. The summed E-state index contributed by atoms with van der Waals surface area (Å²) >= 11 is 0. The molecule has 0 bridgehead atoms. The van der Waals surface area contributed by atoms with Gasteiger partial charge in [-0.2, -0.15) is 0 Å². The fourth-order valence-electron chi connectivity index (χ4n) is 5.30. The Balaban J connectivity index is 1.33. The first-order valence-corrected chi connectivity index (χ1v) is 14.0. The van der Waals surface area contributed by atoms with Crippen LogP contribution in [0.15, 0.2) is 72.2 Å². The van der Waals surface area contributed by atoms with Crippen molar-refractivity contribution in [3.63, 3.8) is 0 Å². The topological polar surface area (TPSA) is 82.8 Å². The van der Waals surface area contributed by atoms with Gasteiger partial charge in [-0.1, -0.05) is 74.5 Å². The van der Waals surface area contributed by atoms with Gasteiger partial charge in [-0.25, -0.2) is 4.79 Å². The number of rotatable bonds is 7. The lowest BCUT2D eigenvalue weighted by atomic mass is 9.76. The van der Waals surface area contributed by atoms with E-state index >= 15 is 0 Å². The maximum absolute atomic E-state index is 13.0. The van der Waals surface area contributed by atoms with Crippen LogP contribution in [0.1, 0.15) is 75.6 Å². The molecule has 6 nitrogen and oxygen atoms in total. The zero-order valence-corrected chi connectivity index (χ0v) is 24.3. The minimum Gasteiger partial charge on any atom is -0.449 e. The van der Waals surface area contributed by atoms with E-state index in [0.29, 0.717) is 11.6 Å². The highest BCUT2D eigenvalue weighted by molar-refractivity contribution is 6.56. The molecule has 0 aromatic heterocycles. The molecule has 0 radical (unpaired) electrons. The molecule has 0 saturated carbocycles. The minimum atomic E-state index is -0.638. The summed E-state index contributed by atoms with van der Waals surface area (Å²) in [7, 11) is -0.638. The number of carbonyl (C=O) groups is 1. The van der Waals surface area contributed by atoms with Crippen molar-refractivity contribution in [1.29, 1.82) is 0 Å². The normalized spacial score (nSPS) is 17.6. The van der Waals surface area contributed by atoms with Crippen LogP contribution in [0.2, 0.25) is 0 Å². The maximum Gasteiger partial charge on any atom is 0.492 e. The molecule has 5 rings (SSSR count). The van der Waals surface area contributed by atoms with Gasteiger partial charge in [-0.05, 0) is 84.6 Å². The summed E-state index contributed by atoms with van der Waals surface area (Å²) < 4.78 is 18.5. The number of benzene rings is 3. The monoisotopic (exact) mass is 538 g/mol. The molecule has 1 saturated heterocycles. The Bertz CT molecular complexity index is 1380. The van der Waals surface area contributed by atoms with E-state index in [4.69, 9.17) is 19.8 Å². The van der Waals surface area contributed by atoms with Crippen molar-refractivity contribution in [2.75, 3.05) is 18.9 Å². The van der Waals surface area contributed by atoms with Crippen LogP contribution in [0.4, 0.5) is 10.5 Å². The number of carbonyl (C=O) groups excluding carboxylic acids is 1. The number of nitrogens with two attached hydrogens (primary N) is 1. The Morgan fingerprint density at radius 2 is 1.55 bits per heavy atom. The number of hydrogen-bond donors (Lipinski definition) is 2. The summed E-state index contributed by atoms with van der Waals surface area (Å²) in [5, 5.41) is 2.93. The molecule has 0 spiro atoms. The number of amides is 1. The van der Waals surface area contributed by atoms with Gasteiger partial charge >= 0.3 is 13.2 Å². The molecule has 1 aliphatic heterocycles. The Labute approximate surface area is 238 Å². The number of fused-ring (bicyclic) bond motifs is 3. The highest BCUT2D eigenvalue weighted by Gasteiger charge is 2.52. The number of hydrogen-bond acceptors (Lipinski definition) is 5. The molecule has 1 fully saturated rings. The quantitative estimate of drug-likeness (QED) is 0.251. The number of nitrogen functional groups attached to an aromatic ring is 1. The number of ether oxygens (including phenoxy) is 1. The van der Waals surface area contributed by atoms with Gasteiger partial charge in [0.2, 0.25) is 0 Å². The molecule has 0 atom stereocenters. The van der Waals surface area contributed by atoms with Gasteiger partial charge < -0.3 is 25.1 Å². The summed E-state index contributed by atoms with van der Waals surface area (Å²) in [6, 6.07) is 22.6. The van der Waals surface area contributed by atoms with Crippen LogP contribution < -0.4 is 11.1 Å². The zero-order chi connectivity index (χ0) is 28.7. The number of nitrogens with one attached hydrogen (secondary N) is 1. The van der Waals surface area contributed by atoms with Crippen LogP contribution in [0.25, 0.3) is 17.2 Å². The first-order valence-electron chi connectivity index (χ1n) is 14.0. The van der Waals surface area contributed by atoms with Gasteiger partial charge in [-0.15, -0.1) is 0 Å². The van der Waals surface area contributed by atoms with E-state index in [9.17, 15) is 4.79 Å². The molecule has 3 aromatic rings. The smallest absolute Gasteiger partial charge is 0.449 e. The van der Waals surface area contributed by atoms with Crippen LogP contribution in [0, 0.1) is 0 Å². The van der Waals surface area contributed by atoms with Gasteiger partial charge in [0.15, 0.2) is 0 Å². The van der Waals surface area contributed by atoms with E-state index < -0.39 is 24.4 Å². The standard InChI is InChI=1S/C33H39BN2O4/c1-21(2)22-15-16-30(35)23(17-22)18-24(34-39-32(3,4)33(5,6)40-34)19-36-31(37)38-20-29-27-13-9-7-11-25(27)26-12-8-10-14-28(26)29/h7-18,21,29H,19-20,35H2,1-6H3,(H,36,37). The minimum absolute atomic E-state index is 0.00479. The lowest BCUT2D eigenvalue weighted by molar-refractivity contribution is 0.00578. The number of anilines is 1. The summed E-state index contributed by atoms with van der Waals surface area (Å²) in [6.45, 7) is 12.8. The van der Waals surface area contributed by atoms with Gasteiger partial charge in [0.25, 0.3) is 0 Å². The van der Waals surface area contributed by atoms with Crippen LogP contribution in [0.3, 0.4) is 0 Å². The van der Waals surface area contributed by atoms with E-state index in [2.05, 4.69) is 49.5 Å². The van der Waals surface area contributed by atoms with E-state index in [1.165, 1.54) is 27.8 Å². The third kappa shape index (κ3) is 5.41. The van der Waals surface area contributed by atoms with Crippen molar-refractivity contribution < 1.29 is 18.8 Å². The van der Waals surface area contributed by atoms with Crippen molar-refractivity contribution >= 4 is 25.0 Å². The molecule has 208 valence electrons. The van der Waals surface area contributed by atoms with Crippen LogP contribution in [0.5, 0.6) is 0 Å². The third-order valence-electron chi connectivity index (χ3n) is 8.45. The lowest BCUT2D eigenvalue weighted by Crippen LogP contribution is -2.41. The molecule has 1 amide bonds. The van der Waals surface area contributed by atoms with Crippen molar-refractivity contribution in [1.82, 2.24) is 5.32 Å². The van der Waals surface area contributed by atoms with E-state index in [-0.39, 0.29) is 19.1 Å². The molecular weight excluding hydrogens is 499 g/mol. The average Bonchev–Trinajstić information content (AvgIpc) is 3.35. The summed E-state index contributed by atoms with van der Waals surface area (Å²) in [4.78, 5) is 13.0. The first kappa shape index (κ1) is 28.0. The average molecular weight is 538 g/mol. The Morgan fingerprint density at radius 1 is 0.975 bits per heavy atom. The predicted molar refractivity (Wildman–Crippen MR) is 162 cm³/mol. The Morgan fingerprint density at radius 3 is 2.12 bits per heavy atom. The van der Waals surface area contributed by atoms with E-state index in [0.717, 1.165) is 11.0 Å². The van der Waals surface area contributed by atoms with Gasteiger partial charge in [-0.3, -0.25) is 0 Å².